The van der Waals surface area contributed by atoms with Crippen molar-refractivity contribution in [1.29, 1.82) is 0 Å². The summed E-state index contributed by atoms with van der Waals surface area (Å²) < 4.78 is 23.2. The summed E-state index contributed by atoms with van der Waals surface area (Å²) in [6.07, 6.45) is 3.33. The van der Waals surface area contributed by atoms with Crippen LogP contribution in [0.4, 0.5) is 0 Å². The van der Waals surface area contributed by atoms with E-state index in [1.54, 1.807) is 14.0 Å². The minimum Gasteiger partial charge on any atom is -0.340 e. The average Bonchev–Trinajstić information content (AvgIpc) is 2.81. The fourth-order valence-electron chi connectivity index (χ4n) is 1.90. The minimum atomic E-state index is -4.01. The molecule has 1 amide bonds. The molecule has 8 heteroatoms. The maximum Gasteiger partial charge on any atom is 0.275 e. The summed E-state index contributed by atoms with van der Waals surface area (Å²) in [5.74, 6) is -0.434. The first-order chi connectivity index (χ1) is 9.32. The number of hydrogen-bond acceptors (Lipinski definition) is 4. The van der Waals surface area contributed by atoms with E-state index in [0.29, 0.717) is 18.7 Å². The van der Waals surface area contributed by atoms with Gasteiger partial charge >= 0.3 is 0 Å². The number of amides is 1. The van der Waals surface area contributed by atoms with Crippen molar-refractivity contribution >= 4 is 25.6 Å². The standard InChI is InChI=1S/C12H20ClN3O3S/c1-4-6-7-8-16(3)12(17)10-11(20(13,18)19)9(5-2)14-15-10/h4-8H2,1-3H3,(H,14,15). The van der Waals surface area contributed by atoms with E-state index >= 15 is 0 Å². The van der Waals surface area contributed by atoms with Gasteiger partial charge in [0.1, 0.15) is 4.90 Å². The second-order valence-corrected chi connectivity index (χ2v) is 7.11. The number of carbonyl (C=O) groups is 1. The minimum absolute atomic E-state index is 0.129. The Morgan fingerprint density at radius 2 is 2.00 bits per heavy atom. The van der Waals surface area contributed by atoms with Crippen molar-refractivity contribution in [2.45, 2.75) is 44.4 Å². The second-order valence-electron chi connectivity index (χ2n) is 4.61. The Labute approximate surface area is 123 Å². The smallest absolute Gasteiger partial charge is 0.275 e. The van der Waals surface area contributed by atoms with Crippen LogP contribution >= 0.6 is 10.7 Å². The summed E-state index contributed by atoms with van der Waals surface area (Å²) in [6, 6.07) is 0. The number of nitrogens with zero attached hydrogens (tertiary/aromatic N) is 2. The van der Waals surface area contributed by atoms with Crippen LogP contribution in [0.1, 0.15) is 49.3 Å². The molecule has 0 unspecified atom stereocenters. The van der Waals surface area contributed by atoms with E-state index in [4.69, 9.17) is 10.7 Å². The summed E-state index contributed by atoms with van der Waals surface area (Å²) >= 11 is 0. The van der Waals surface area contributed by atoms with Crippen LogP contribution in [-0.4, -0.2) is 43.0 Å². The zero-order chi connectivity index (χ0) is 15.3. The molecular weight excluding hydrogens is 302 g/mol. The third kappa shape index (κ3) is 3.96. The molecule has 0 aliphatic carbocycles. The highest BCUT2D eigenvalue weighted by molar-refractivity contribution is 8.13. The number of carbonyl (C=O) groups excluding carboxylic acids is 1. The summed E-state index contributed by atoms with van der Waals surface area (Å²) in [6.45, 7) is 4.39. The Balaban J connectivity index is 3.02. The number of rotatable bonds is 7. The molecule has 0 fully saturated rings. The number of nitrogens with one attached hydrogen (secondary N) is 1. The molecule has 0 aromatic carbocycles. The maximum atomic E-state index is 12.3. The van der Waals surface area contributed by atoms with Gasteiger partial charge in [0.2, 0.25) is 0 Å². The van der Waals surface area contributed by atoms with Gasteiger partial charge in [-0.3, -0.25) is 9.89 Å². The van der Waals surface area contributed by atoms with Gasteiger partial charge in [0.15, 0.2) is 5.69 Å². The van der Waals surface area contributed by atoms with E-state index in [9.17, 15) is 13.2 Å². The lowest BCUT2D eigenvalue weighted by molar-refractivity contribution is 0.0783. The van der Waals surface area contributed by atoms with Crippen molar-refractivity contribution in [2.24, 2.45) is 0 Å². The van der Waals surface area contributed by atoms with E-state index in [2.05, 4.69) is 17.1 Å². The summed E-state index contributed by atoms with van der Waals surface area (Å²) in [7, 11) is 3.03. The Morgan fingerprint density at radius 3 is 2.50 bits per heavy atom. The maximum absolute atomic E-state index is 12.3. The quantitative estimate of drug-likeness (QED) is 0.616. The highest BCUT2D eigenvalue weighted by Crippen LogP contribution is 2.23. The van der Waals surface area contributed by atoms with Crippen LogP contribution in [-0.2, 0) is 15.5 Å². The van der Waals surface area contributed by atoms with Gasteiger partial charge in [0.25, 0.3) is 15.0 Å². The predicted molar refractivity (Wildman–Crippen MR) is 77.5 cm³/mol. The van der Waals surface area contributed by atoms with E-state index in [-0.39, 0.29) is 10.6 Å². The Bertz CT molecular complexity index is 569. The van der Waals surface area contributed by atoms with E-state index in [0.717, 1.165) is 19.3 Å². The Hall–Kier alpha value is -1.08. The Morgan fingerprint density at radius 1 is 1.35 bits per heavy atom. The lowest BCUT2D eigenvalue weighted by Gasteiger charge is -2.16. The Kier molecular flexibility index (Phi) is 6.01. The molecule has 6 nitrogen and oxygen atoms in total. The van der Waals surface area contributed by atoms with Crippen LogP contribution in [0.2, 0.25) is 0 Å². The molecule has 20 heavy (non-hydrogen) atoms. The number of H-pyrrole nitrogens is 1. The van der Waals surface area contributed by atoms with Crippen LogP contribution < -0.4 is 0 Å². The molecular formula is C12H20ClN3O3S. The predicted octanol–water partition coefficient (Wildman–Crippen LogP) is 2.16. The highest BCUT2D eigenvalue weighted by atomic mass is 35.7. The summed E-state index contributed by atoms with van der Waals surface area (Å²) in [5, 5.41) is 6.40. The van der Waals surface area contributed by atoms with E-state index in [1.165, 1.54) is 4.90 Å². The van der Waals surface area contributed by atoms with Crippen molar-refractivity contribution in [3.8, 4) is 0 Å². The van der Waals surface area contributed by atoms with Crippen LogP contribution in [0.5, 0.6) is 0 Å². The zero-order valence-corrected chi connectivity index (χ0v) is 13.5. The van der Waals surface area contributed by atoms with Crippen LogP contribution in [0, 0.1) is 0 Å². The van der Waals surface area contributed by atoms with Gasteiger partial charge in [-0.2, -0.15) is 5.10 Å². The number of halogens is 1. The van der Waals surface area contributed by atoms with Gasteiger partial charge in [-0.1, -0.05) is 26.7 Å². The first-order valence-corrected chi connectivity index (χ1v) is 8.91. The van der Waals surface area contributed by atoms with Crippen molar-refractivity contribution in [1.82, 2.24) is 15.1 Å². The summed E-state index contributed by atoms with van der Waals surface area (Å²) in [5.41, 5.74) is 0.223. The molecule has 0 aliphatic heterocycles. The SMILES string of the molecule is CCCCCN(C)C(=O)c1n[nH]c(CC)c1S(=O)(=O)Cl. The molecule has 1 aromatic heterocycles. The lowest BCUT2D eigenvalue weighted by atomic mass is 10.2. The zero-order valence-electron chi connectivity index (χ0n) is 11.9. The van der Waals surface area contributed by atoms with Gasteiger partial charge in [-0.05, 0) is 12.8 Å². The lowest BCUT2D eigenvalue weighted by Crippen LogP contribution is -2.29. The van der Waals surface area contributed by atoms with Gasteiger partial charge in [0.05, 0.1) is 5.69 Å². The molecule has 0 saturated carbocycles. The third-order valence-electron chi connectivity index (χ3n) is 3.04. The van der Waals surface area contributed by atoms with Crippen LogP contribution in [0.3, 0.4) is 0 Å². The van der Waals surface area contributed by atoms with Crippen molar-refractivity contribution in [3.63, 3.8) is 0 Å². The number of aryl methyl sites for hydroxylation is 1. The monoisotopic (exact) mass is 321 g/mol. The number of aromatic amines is 1. The number of hydrogen-bond donors (Lipinski definition) is 1. The largest absolute Gasteiger partial charge is 0.340 e. The van der Waals surface area contributed by atoms with E-state index in [1.807, 2.05) is 0 Å². The molecule has 0 saturated heterocycles. The van der Waals surface area contributed by atoms with Crippen LogP contribution in [0.25, 0.3) is 0 Å². The van der Waals surface area contributed by atoms with Crippen molar-refractivity contribution in [3.05, 3.63) is 11.4 Å². The first-order valence-electron chi connectivity index (χ1n) is 6.60. The summed E-state index contributed by atoms with van der Waals surface area (Å²) in [4.78, 5) is 13.5. The molecule has 0 bridgehead atoms. The van der Waals surface area contributed by atoms with Crippen molar-refractivity contribution in [2.75, 3.05) is 13.6 Å². The van der Waals surface area contributed by atoms with Crippen molar-refractivity contribution < 1.29 is 13.2 Å². The number of unbranched alkanes of at least 4 members (excludes halogenated alkanes) is 2. The molecule has 0 spiro atoms. The first kappa shape index (κ1) is 17.0. The molecule has 1 heterocycles. The van der Waals surface area contributed by atoms with Gasteiger partial charge in [0, 0.05) is 24.3 Å². The second kappa shape index (κ2) is 7.08. The topological polar surface area (TPSA) is 83.1 Å². The highest BCUT2D eigenvalue weighted by Gasteiger charge is 2.29. The molecule has 0 aliphatic rings. The van der Waals surface area contributed by atoms with E-state index < -0.39 is 15.0 Å². The molecule has 0 radical (unpaired) electrons. The molecule has 1 rings (SSSR count). The average molecular weight is 322 g/mol. The fourth-order valence-corrected chi connectivity index (χ4v) is 3.24. The molecule has 114 valence electrons. The molecule has 1 aromatic rings. The van der Waals surface area contributed by atoms with Crippen LogP contribution in [0.15, 0.2) is 4.90 Å². The van der Waals surface area contributed by atoms with Gasteiger partial charge in [-0.25, -0.2) is 8.42 Å². The number of aromatic nitrogens is 2. The van der Waals surface area contributed by atoms with Gasteiger partial charge < -0.3 is 4.90 Å². The van der Waals surface area contributed by atoms with Gasteiger partial charge in [-0.15, -0.1) is 0 Å². The molecule has 0 atom stereocenters. The molecule has 1 N–H and O–H groups in total. The third-order valence-corrected chi connectivity index (χ3v) is 4.43. The normalized spacial score (nSPS) is 11.6. The fraction of sp³-hybridized carbons (Fsp3) is 0.667.